The van der Waals surface area contributed by atoms with Crippen LogP contribution in [0.2, 0.25) is 0 Å². The molecule has 1 aromatic rings. The lowest BCUT2D eigenvalue weighted by atomic mass is 9.82. The summed E-state index contributed by atoms with van der Waals surface area (Å²) in [5.74, 6) is -1.56. The van der Waals surface area contributed by atoms with E-state index in [-0.39, 0.29) is 16.1 Å². The van der Waals surface area contributed by atoms with Crippen LogP contribution in [0.5, 0.6) is 0 Å². The summed E-state index contributed by atoms with van der Waals surface area (Å²) in [5, 5.41) is 5.61. The Morgan fingerprint density at radius 1 is 1.42 bits per heavy atom. The van der Waals surface area contributed by atoms with Crippen LogP contribution in [0.15, 0.2) is 16.6 Å². The second kappa shape index (κ2) is 5.54. The molecule has 1 fully saturated rings. The molecular formula is C13H15BrF2N2O. The zero-order chi connectivity index (χ0) is 14.0. The first kappa shape index (κ1) is 14.4. The average molecular weight is 333 g/mol. The lowest BCUT2D eigenvalue weighted by Crippen LogP contribution is -2.46. The minimum Gasteiger partial charge on any atom is -0.323 e. The fourth-order valence-corrected chi connectivity index (χ4v) is 2.46. The molecule has 1 atom stereocenters. The number of benzene rings is 1. The van der Waals surface area contributed by atoms with Crippen molar-refractivity contribution in [2.45, 2.75) is 19.8 Å². The molecule has 2 N–H and O–H groups in total. The van der Waals surface area contributed by atoms with Gasteiger partial charge in [0.2, 0.25) is 5.91 Å². The van der Waals surface area contributed by atoms with Crippen LogP contribution in [0.1, 0.15) is 19.8 Å². The molecule has 0 spiro atoms. The molecule has 6 heteroatoms. The summed E-state index contributed by atoms with van der Waals surface area (Å²) in [5.41, 5.74) is -0.716. The first-order chi connectivity index (χ1) is 8.92. The molecular weight excluding hydrogens is 318 g/mol. The van der Waals surface area contributed by atoms with Crippen LogP contribution in [-0.2, 0) is 4.79 Å². The summed E-state index contributed by atoms with van der Waals surface area (Å²) in [7, 11) is 0. The zero-order valence-electron chi connectivity index (χ0n) is 10.5. The van der Waals surface area contributed by atoms with Gasteiger partial charge in [-0.05, 0) is 48.3 Å². The largest absolute Gasteiger partial charge is 0.323 e. The average Bonchev–Trinajstić information content (AvgIpc) is 2.36. The molecule has 0 aliphatic carbocycles. The SMILES string of the molecule is CC1(C(=O)Nc2cc(F)c(Br)cc2F)CCCNC1. The molecule has 0 saturated carbocycles. The van der Waals surface area contributed by atoms with Crippen LogP contribution in [0, 0.1) is 17.0 Å². The van der Waals surface area contributed by atoms with Gasteiger partial charge in [-0.15, -0.1) is 0 Å². The molecule has 1 heterocycles. The minimum absolute atomic E-state index is 0.0357. The van der Waals surface area contributed by atoms with Gasteiger partial charge in [-0.1, -0.05) is 0 Å². The number of hydrogen-bond donors (Lipinski definition) is 2. The van der Waals surface area contributed by atoms with Gasteiger partial charge in [-0.25, -0.2) is 8.78 Å². The highest BCUT2D eigenvalue weighted by Crippen LogP contribution is 2.29. The van der Waals surface area contributed by atoms with Gasteiger partial charge in [0.05, 0.1) is 15.6 Å². The Hall–Kier alpha value is -1.01. The Balaban J connectivity index is 2.16. The number of hydrogen-bond acceptors (Lipinski definition) is 2. The third-order valence-corrected chi connectivity index (χ3v) is 4.01. The fourth-order valence-electron chi connectivity index (χ4n) is 2.14. The molecule has 19 heavy (non-hydrogen) atoms. The van der Waals surface area contributed by atoms with Crippen molar-refractivity contribution in [3.8, 4) is 0 Å². The van der Waals surface area contributed by atoms with E-state index in [1.807, 2.05) is 6.92 Å². The number of amides is 1. The molecule has 1 aromatic carbocycles. The Morgan fingerprint density at radius 3 is 2.79 bits per heavy atom. The third-order valence-electron chi connectivity index (χ3n) is 3.40. The summed E-state index contributed by atoms with van der Waals surface area (Å²) in [4.78, 5) is 12.2. The van der Waals surface area contributed by atoms with E-state index in [0.29, 0.717) is 6.54 Å². The van der Waals surface area contributed by atoms with E-state index in [9.17, 15) is 13.6 Å². The van der Waals surface area contributed by atoms with Gasteiger partial charge < -0.3 is 10.6 Å². The first-order valence-electron chi connectivity index (χ1n) is 6.09. The number of halogens is 3. The van der Waals surface area contributed by atoms with E-state index in [2.05, 4.69) is 26.6 Å². The summed E-state index contributed by atoms with van der Waals surface area (Å²) in [6, 6.07) is 1.99. The molecule has 0 aromatic heterocycles. The molecule has 0 radical (unpaired) electrons. The van der Waals surface area contributed by atoms with Crippen LogP contribution in [0.4, 0.5) is 14.5 Å². The van der Waals surface area contributed by atoms with E-state index in [4.69, 9.17) is 0 Å². The van der Waals surface area contributed by atoms with Gasteiger partial charge in [-0.3, -0.25) is 4.79 Å². The van der Waals surface area contributed by atoms with Gasteiger partial charge in [-0.2, -0.15) is 0 Å². The maximum absolute atomic E-state index is 13.7. The number of piperidine rings is 1. The molecule has 1 saturated heterocycles. The molecule has 1 aliphatic heterocycles. The summed E-state index contributed by atoms with van der Waals surface area (Å²) in [6.45, 7) is 3.24. The highest BCUT2D eigenvalue weighted by molar-refractivity contribution is 9.10. The molecule has 1 aliphatic rings. The maximum atomic E-state index is 13.7. The van der Waals surface area contributed by atoms with E-state index >= 15 is 0 Å². The predicted octanol–water partition coefficient (Wildman–Crippen LogP) is 3.06. The third kappa shape index (κ3) is 3.12. The normalized spacial score (nSPS) is 23.2. The van der Waals surface area contributed by atoms with Gasteiger partial charge in [0, 0.05) is 12.6 Å². The van der Waals surface area contributed by atoms with Gasteiger partial charge in [0.1, 0.15) is 11.6 Å². The van der Waals surface area contributed by atoms with Gasteiger partial charge in [0.15, 0.2) is 0 Å². The van der Waals surface area contributed by atoms with Crippen LogP contribution in [0.3, 0.4) is 0 Å². The summed E-state index contributed by atoms with van der Waals surface area (Å²) in [6.07, 6.45) is 1.62. The van der Waals surface area contributed by atoms with Crippen LogP contribution in [0.25, 0.3) is 0 Å². The molecule has 104 valence electrons. The fraction of sp³-hybridized carbons (Fsp3) is 0.462. The standard InChI is InChI=1S/C13H15BrF2N2O/c1-13(3-2-4-17-7-13)12(19)18-11-6-9(15)8(14)5-10(11)16/h5-6,17H,2-4,7H2,1H3,(H,18,19). The van der Waals surface area contributed by atoms with Crippen molar-refractivity contribution in [3.63, 3.8) is 0 Å². The molecule has 1 unspecified atom stereocenters. The monoisotopic (exact) mass is 332 g/mol. The van der Waals surface area contributed by atoms with Crippen LogP contribution in [-0.4, -0.2) is 19.0 Å². The van der Waals surface area contributed by atoms with Crippen molar-refractivity contribution < 1.29 is 13.6 Å². The Morgan fingerprint density at radius 2 is 2.16 bits per heavy atom. The predicted molar refractivity (Wildman–Crippen MR) is 72.9 cm³/mol. The molecule has 1 amide bonds. The van der Waals surface area contributed by atoms with Gasteiger partial charge >= 0.3 is 0 Å². The number of carbonyl (C=O) groups excluding carboxylic acids is 1. The maximum Gasteiger partial charge on any atom is 0.231 e. The number of carbonyl (C=O) groups is 1. The summed E-state index contributed by atoms with van der Waals surface area (Å²) >= 11 is 2.90. The Kier molecular flexibility index (Phi) is 4.20. The van der Waals surface area contributed by atoms with Crippen molar-refractivity contribution in [1.82, 2.24) is 5.32 Å². The van der Waals surface area contributed by atoms with Crippen molar-refractivity contribution in [2.24, 2.45) is 5.41 Å². The molecule has 3 nitrogen and oxygen atoms in total. The second-order valence-electron chi connectivity index (χ2n) is 5.04. The minimum atomic E-state index is -0.658. The quantitative estimate of drug-likeness (QED) is 0.817. The Bertz CT molecular complexity index is 502. The van der Waals surface area contributed by atoms with Crippen LogP contribution >= 0.6 is 15.9 Å². The number of rotatable bonds is 2. The molecule has 0 bridgehead atoms. The first-order valence-corrected chi connectivity index (χ1v) is 6.88. The zero-order valence-corrected chi connectivity index (χ0v) is 12.1. The Labute approximate surface area is 118 Å². The highest BCUT2D eigenvalue weighted by Gasteiger charge is 2.35. The lowest BCUT2D eigenvalue weighted by Gasteiger charge is -2.32. The van der Waals surface area contributed by atoms with Crippen molar-refractivity contribution >= 4 is 27.5 Å². The van der Waals surface area contributed by atoms with E-state index < -0.39 is 17.0 Å². The van der Waals surface area contributed by atoms with Gasteiger partial charge in [0.25, 0.3) is 0 Å². The lowest BCUT2D eigenvalue weighted by molar-refractivity contribution is -0.125. The van der Waals surface area contributed by atoms with E-state index in [0.717, 1.165) is 31.5 Å². The second-order valence-corrected chi connectivity index (χ2v) is 5.90. The summed E-state index contributed by atoms with van der Waals surface area (Å²) < 4.78 is 27.1. The van der Waals surface area contributed by atoms with E-state index in [1.54, 1.807) is 0 Å². The van der Waals surface area contributed by atoms with Crippen LogP contribution < -0.4 is 10.6 Å². The number of nitrogens with one attached hydrogen (secondary N) is 2. The van der Waals surface area contributed by atoms with Crippen molar-refractivity contribution in [2.75, 3.05) is 18.4 Å². The number of anilines is 1. The highest BCUT2D eigenvalue weighted by atomic mass is 79.9. The van der Waals surface area contributed by atoms with Crippen molar-refractivity contribution in [1.29, 1.82) is 0 Å². The van der Waals surface area contributed by atoms with E-state index in [1.165, 1.54) is 0 Å². The van der Waals surface area contributed by atoms with Crippen molar-refractivity contribution in [3.05, 3.63) is 28.2 Å². The molecule has 2 rings (SSSR count). The smallest absolute Gasteiger partial charge is 0.231 e. The topological polar surface area (TPSA) is 41.1 Å².